The number of rotatable bonds is 4. The number of carbonyl (C=O) groups is 2. The third-order valence-electron chi connectivity index (χ3n) is 7.10. The fraction of sp³-hybridized carbons (Fsp3) is 0.222. The number of phenolic OH excluding ortho intramolecular Hbond substituents is 1. The Morgan fingerprint density at radius 1 is 0.941 bits per heavy atom. The van der Waals surface area contributed by atoms with Gasteiger partial charge in [0.1, 0.15) is 0 Å². The van der Waals surface area contributed by atoms with E-state index in [-0.39, 0.29) is 29.4 Å². The average Bonchev–Trinajstić information content (AvgIpc) is 3.11. The standard InChI is InChI=1S/C27H21IN2O4/c1-2-34-20-12-14(11-19(28)25(20)31)13-29-30-26(32)23-21-15-7-3-4-8-16(15)22(24(23)27(30)33)18-10-6-5-9-17(18)21/h3-13,21-24,31H,2H2,1H3/b29-13-/t21?,22?,23-,24-/m0/s1. The molecule has 2 atom stereocenters. The Morgan fingerprint density at radius 2 is 1.44 bits per heavy atom. The molecule has 0 spiro atoms. The van der Waals surface area contributed by atoms with E-state index in [1.165, 1.54) is 6.21 Å². The summed E-state index contributed by atoms with van der Waals surface area (Å²) in [7, 11) is 0. The van der Waals surface area contributed by atoms with Crippen LogP contribution in [0.25, 0.3) is 0 Å². The van der Waals surface area contributed by atoms with Crippen LogP contribution in [0.1, 0.15) is 46.6 Å². The Balaban J connectivity index is 1.40. The maximum atomic E-state index is 13.6. The molecule has 4 aliphatic rings. The molecule has 0 aromatic heterocycles. The SMILES string of the molecule is CCOc1cc(/C=N\N2C(=O)[C@H]3C4c5ccccc5C(c5ccccc54)[C@@H]3C2=O)cc(I)c1O. The summed E-state index contributed by atoms with van der Waals surface area (Å²) in [6.07, 6.45) is 1.49. The van der Waals surface area contributed by atoms with Crippen LogP contribution in [-0.4, -0.2) is 34.8 Å². The molecule has 3 aliphatic carbocycles. The summed E-state index contributed by atoms with van der Waals surface area (Å²) in [6, 6.07) is 19.7. The Kier molecular flexibility index (Phi) is 4.98. The van der Waals surface area contributed by atoms with E-state index in [9.17, 15) is 14.7 Å². The molecule has 0 radical (unpaired) electrons. The van der Waals surface area contributed by atoms with E-state index in [1.807, 2.05) is 53.8 Å². The molecule has 170 valence electrons. The molecule has 0 saturated carbocycles. The lowest BCUT2D eigenvalue weighted by atomic mass is 9.55. The van der Waals surface area contributed by atoms with Crippen LogP contribution in [0.2, 0.25) is 0 Å². The summed E-state index contributed by atoms with van der Waals surface area (Å²) in [5.41, 5.74) is 5.17. The molecule has 3 aromatic carbocycles. The summed E-state index contributed by atoms with van der Waals surface area (Å²) >= 11 is 2.01. The van der Waals surface area contributed by atoms with Crippen LogP contribution < -0.4 is 4.74 Å². The Bertz CT molecular complexity index is 1270. The van der Waals surface area contributed by atoms with Crippen molar-refractivity contribution in [2.24, 2.45) is 16.9 Å². The minimum absolute atomic E-state index is 0.0612. The number of hydrazone groups is 1. The van der Waals surface area contributed by atoms with Crippen LogP contribution >= 0.6 is 22.6 Å². The van der Waals surface area contributed by atoms with Gasteiger partial charge in [0.2, 0.25) is 0 Å². The van der Waals surface area contributed by atoms with Crippen LogP contribution in [0.4, 0.5) is 0 Å². The van der Waals surface area contributed by atoms with Crippen molar-refractivity contribution in [2.45, 2.75) is 18.8 Å². The van der Waals surface area contributed by atoms with Gasteiger partial charge in [-0.15, -0.1) is 0 Å². The van der Waals surface area contributed by atoms with E-state index in [0.717, 1.165) is 27.3 Å². The molecule has 1 heterocycles. The second-order valence-electron chi connectivity index (χ2n) is 8.78. The van der Waals surface area contributed by atoms with E-state index >= 15 is 0 Å². The molecular formula is C27H21IN2O4. The number of hydrogen-bond donors (Lipinski definition) is 1. The van der Waals surface area contributed by atoms with E-state index in [4.69, 9.17) is 4.74 Å². The molecule has 2 amide bonds. The Labute approximate surface area is 210 Å². The van der Waals surface area contributed by atoms with Crippen LogP contribution in [0, 0.1) is 15.4 Å². The molecule has 7 heteroatoms. The monoisotopic (exact) mass is 564 g/mol. The third-order valence-corrected chi connectivity index (χ3v) is 7.92. The van der Waals surface area contributed by atoms with Crippen molar-refractivity contribution in [3.05, 3.63) is 92.1 Å². The first-order chi connectivity index (χ1) is 16.5. The van der Waals surface area contributed by atoms with Gasteiger partial charge in [0, 0.05) is 11.8 Å². The molecule has 3 aromatic rings. The zero-order valence-electron chi connectivity index (χ0n) is 18.3. The van der Waals surface area contributed by atoms with Crippen LogP contribution in [0.5, 0.6) is 11.5 Å². The van der Waals surface area contributed by atoms with Gasteiger partial charge in [0.05, 0.1) is 28.2 Å². The first-order valence-electron chi connectivity index (χ1n) is 11.3. The van der Waals surface area contributed by atoms with Crippen molar-refractivity contribution < 1.29 is 19.4 Å². The summed E-state index contributed by atoms with van der Waals surface area (Å²) in [4.78, 5) is 27.2. The van der Waals surface area contributed by atoms with Crippen molar-refractivity contribution in [2.75, 3.05) is 6.61 Å². The van der Waals surface area contributed by atoms with E-state index in [0.29, 0.717) is 21.5 Å². The highest BCUT2D eigenvalue weighted by atomic mass is 127. The first kappa shape index (κ1) is 21.3. The van der Waals surface area contributed by atoms with Gasteiger partial charge in [0.25, 0.3) is 11.8 Å². The average molecular weight is 564 g/mol. The molecular weight excluding hydrogens is 543 g/mol. The van der Waals surface area contributed by atoms with Crippen LogP contribution in [0.15, 0.2) is 65.8 Å². The zero-order valence-corrected chi connectivity index (χ0v) is 20.5. The smallest absolute Gasteiger partial charge is 0.254 e. The van der Waals surface area contributed by atoms with Crippen LogP contribution in [0.3, 0.4) is 0 Å². The zero-order chi connectivity index (χ0) is 23.6. The molecule has 6 nitrogen and oxygen atoms in total. The van der Waals surface area contributed by atoms with Gasteiger partial charge in [-0.2, -0.15) is 10.1 Å². The number of amides is 2. The van der Waals surface area contributed by atoms with Gasteiger partial charge in [0.15, 0.2) is 11.5 Å². The first-order valence-corrected chi connectivity index (χ1v) is 12.3. The lowest BCUT2D eigenvalue weighted by Gasteiger charge is -2.45. The fourth-order valence-corrected chi connectivity index (χ4v) is 6.46. The van der Waals surface area contributed by atoms with Gasteiger partial charge in [-0.1, -0.05) is 48.5 Å². The summed E-state index contributed by atoms with van der Waals surface area (Å²) in [5.74, 6) is -1.35. The number of aromatic hydroxyl groups is 1. The highest BCUT2D eigenvalue weighted by molar-refractivity contribution is 14.1. The maximum Gasteiger partial charge on any atom is 0.254 e. The summed E-state index contributed by atoms with van der Waals surface area (Å²) in [6.45, 7) is 2.24. The predicted octanol–water partition coefficient (Wildman–Crippen LogP) is 4.62. The molecule has 7 rings (SSSR count). The lowest BCUT2D eigenvalue weighted by Crippen LogP contribution is -2.41. The summed E-state index contributed by atoms with van der Waals surface area (Å²) in [5, 5.41) is 15.6. The molecule has 34 heavy (non-hydrogen) atoms. The Hall–Kier alpha value is -3.20. The lowest BCUT2D eigenvalue weighted by molar-refractivity contribution is -0.139. The van der Waals surface area contributed by atoms with E-state index < -0.39 is 11.8 Å². The highest BCUT2D eigenvalue weighted by Crippen LogP contribution is 2.60. The quantitative estimate of drug-likeness (QED) is 0.285. The van der Waals surface area contributed by atoms with E-state index in [2.05, 4.69) is 29.4 Å². The van der Waals surface area contributed by atoms with Gasteiger partial charge in [-0.05, 0) is 69.5 Å². The largest absolute Gasteiger partial charge is 0.504 e. The minimum Gasteiger partial charge on any atom is -0.504 e. The van der Waals surface area contributed by atoms with Gasteiger partial charge in [-0.25, -0.2) is 0 Å². The number of nitrogens with zero attached hydrogens (tertiary/aromatic N) is 2. The van der Waals surface area contributed by atoms with Crippen molar-refractivity contribution in [1.82, 2.24) is 5.01 Å². The van der Waals surface area contributed by atoms with Crippen molar-refractivity contribution in [3.8, 4) is 11.5 Å². The molecule has 1 fully saturated rings. The van der Waals surface area contributed by atoms with Crippen LogP contribution in [-0.2, 0) is 9.59 Å². The van der Waals surface area contributed by atoms with E-state index in [1.54, 1.807) is 12.1 Å². The highest BCUT2D eigenvalue weighted by Gasteiger charge is 2.61. The number of halogens is 1. The van der Waals surface area contributed by atoms with Gasteiger partial charge >= 0.3 is 0 Å². The fourth-order valence-electron chi connectivity index (χ4n) is 5.83. The third kappa shape index (κ3) is 2.95. The number of benzene rings is 3. The molecule has 1 aliphatic heterocycles. The number of carbonyl (C=O) groups excluding carboxylic acids is 2. The predicted molar refractivity (Wildman–Crippen MR) is 135 cm³/mol. The molecule has 2 bridgehead atoms. The molecule has 1 saturated heterocycles. The second-order valence-corrected chi connectivity index (χ2v) is 9.94. The van der Waals surface area contributed by atoms with Crippen molar-refractivity contribution in [3.63, 3.8) is 0 Å². The van der Waals surface area contributed by atoms with Crippen molar-refractivity contribution in [1.29, 1.82) is 0 Å². The normalized spacial score (nSPS) is 24.4. The second kappa shape index (κ2) is 7.94. The number of hydrogen-bond acceptors (Lipinski definition) is 5. The topological polar surface area (TPSA) is 79.2 Å². The van der Waals surface area contributed by atoms with Crippen molar-refractivity contribution >= 4 is 40.6 Å². The number of ether oxygens (including phenoxy) is 1. The maximum absolute atomic E-state index is 13.6. The number of phenols is 1. The Morgan fingerprint density at radius 3 is 1.91 bits per heavy atom. The van der Waals surface area contributed by atoms with Gasteiger partial charge in [-0.3, -0.25) is 9.59 Å². The molecule has 1 N–H and O–H groups in total. The minimum atomic E-state index is -0.460. The van der Waals surface area contributed by atoms with Gasteiger partial charge < -0.3 is 9.84 Å². The molecule has 0 unspecified atom stereocenters. The number of imide groups is 1. The summed E-state index contributed by atoms with van der Waals surface area (Å²) < 4.78 is 6.09.